The number of nitrogens with zero attached hydrogens (tertiary/aromatic N) is 3. The number of ether oxygens (including phenoxy) is 1. The van der Waals surface area contributed by atoms with Gasteiger partial charge in [0.15, 0.2) is 6.29 Å². The van der Waals surface area contributed by atoms with E-state index in [0.29, 0.717) is 37.7 Å². The van der Waals surface area contributed by atoms with E-state index in [0.717, 1.165) is 18.4 Å². The minimum Gasteiger partial charge on any atom is -0.513 e. The monoisotopic (exact) mass is 443 g/mol. The zero-order valence-electron chi connectivity index (χ0n) is 18.3. The van der Waals surface area contributed by atoms with E-state index >= 15 is 0 Å². The summed E-state index contributed by atoms with van der Waals surface area (Å²) in [5.74, 6) is 0.0562. The van der Waals surface area contributed by atoms with Crippen LogP contribution in [0.2, 0.25) is 5.82 Å². The van der Waals surface area contributed by atoms with E-state index in [4.69, 9.17) is 12.6 Å². The predicted molar refractivity (Wildman–Crippen MR) is 122 cm³/mol. The van der Waals surface area contributed by atoms with Crippen molar-refractivity contribution in [2.24, 2.45) is 0 Å². The molecule has 0 bridgehead atoms. The minimum absolute atomic E-state index is 0.0798. The van der Waals surface area contributed by atoms with E-state index in [1.807, 2.05) is 11.0 Å². The summed E-state index contributed by atoms with van der Waals surface area (Å²) in [5.41, 5.74) is 0.532. The van der Waals surface area contributed by atoms with Gasteiger partial charge in [-0.15, -0.1) is 0 Å². The molecule has 1 saturated heterocycles. The number of aromatic nitrogens is 2. The molecule has 2 aliphatic heterocycles. The Hall–Kier alpha value is -2.50. The van der Waals surface area contributed by atoms with Gasteiger partial charge >= 0.3 is 5.69 Å². The second kappa shape index (κ2) is 9.56. The fraction of sp³-hybridized carbons (Fsp3) is 0.619. The molecule has 0 amide bonds. The Kier molecular flexibility index (Phi) is 6.78. The smallest absolute Gasteiger partial charge is 0.332 e. The first-order valence-corrected chi connectivity index (χ1v) is 11.1. The van der Waals surface area contributed by atoms with E-state index in [1.54, 1.807) is 13.0 Å². The zero-order valence-corrected chi connectivity index (χ0v) is 18.3. The van der Waals surface area contributed by atoms with Gasteiger partial charge in [-0.25, -0.2) is 4.79 Å². The number of hydrogen-bond acceptors (Lipinski definition) is 8. The van der Waals surface area contributed by atoms with Crippen molar-refractivity contribution in [3.05, 3.63) is 44.3 Å². The largest absolute Gasteiger partial charge is 0.513 e. The van der Waals surface area contributed by atoms with Crippen molar-refractivity contribution in [3.63, 3.8) is 0 Å². The van der Waals surface area contributed by atoms with Crippen molar-refractivity contribution in [2.45, 2.75) is 57.4 Å². The van der Waals surface area contributed by atoms with Crippen LogP contribution in [-0.2, 0) is 17.8 Å². The van der Waals surface area contributed by atoms with Crippen molar-refractivity contribution in [1.82, 2.24) is 14.5 Å². The number of fused-ring (bicyclic) bond motifs is 1. The summed E-state index contributed by atoms with van der Waals surface area (Å²) in [7, 11) is 6.02. The van der Waals surface area contributed by atoms with Gasteiger partial charge in [0.25, 0.3) is 5.56 Å². The van der Waals surface area contributed by atoms with Crippen LogP contribution in [-0.4, -0.2) is 65.9 Å². The fourth-order valence-electron chi connectivity index (χ4n) is 4.52. The van der Waals surface area contributed by atoms with Gasteiger partial charge in [-0.05, 0) is 38.1 Å². The zero-order chi connectivity index (χ0) is 22.8. The molecule has 4 N–H and O–H groups in total. The van der Waals surface area contributed by atoms with Gasteiger partial charge in [0.1, 0.15) is 11.5 Å². The second-order valence-electron chi connectivity index (χ2n) is 8.36. The third-order valence-electron chi connectivity index (χ3n) is 6.26. The highest BCUT2D eigenvalue weighted by atomic mass is 16.5. The molecule has 1 aromatic heterocycles. The second-order valence-corrected chi connectivity index (χ2v) is 8.36. The van der Waals surface area contributed by atoms with Gasteiger partial charge < -0.3 is 25.2 Å². The van der Waals surface area contributed by atoms with Crippen molar-refractivity contribution < 1.29 is 14.9 Å². The highest BCUT2D eigenvalue weighted by molar-refractivity contribution is 6.13. The molecule has 1 aromatic rings. The van der Waals surface area contributed by atoms with Crippen molar-refractivity contribution in [2.75, 3.05) is 36.6 Å². The first kappa shape index (κ1) is 22.7. The van der Waals surface area contributed by atoms with E-state index in [2.05, 4.69) is 10.6 Å². The SMILES string of the molecule is [B][C@@H]1CC(CN2c3c(n(CCO)c(=O)n(CC)c3=O)NC2NC2CCOCC2)=CC=C1O. The number of aliphatic hydroxyl groups is 2. The van der Waals surface area contributed by atoms with Crippen LogP contribution in [0.3, 0.4) is 0 Å². The Bertz CT molecular complexity index is 1030. The highest BCUT2D eigenvalue weighted by Crippen LogP contribution is 2.33. The van der Waals surface area contributed by atoms with E-state index in [9.17, 15) is 19.8 Å². The van der Waals surface area contributed by atoms with E-state index in [-0.39, 0.29) is 37.1 Å². The van der Waals surface area contributed by atoms with Crippen molar-refractivity contribution in [1.29, 1.82) is 0 Å². The first-order valence-electron chi connectivity index (χ1n) is 11.1. The number of allylic oxidation sites excluding steroid dienone is 3. The van der Waals surface area contributed by atoms with Gasteiger partial charge in [0.05, 0.1) is 26.8 Å². The molecule has 0 aromatic carbocycles. The van der Waals surface area contributed by atoms with Gasteiger partial charge in [-0.1, -0.05) is 11.6 Å². The summed E-state index contributed by atoms with van der Waals surface area (Å²) < 4.78 is 8.07. The molecule has 2 radical (unpaired) electrons. The summed E-state index contributed by atoms with van der Waals surface area (Å²) in [4.78, 5) is 28.2. The number of aliphatic hydroxyl groups excluding tert-OH is 2. The number of hydrogen-bond donors (Lipinski definition) is 4. The molecule has 32 heavy (non-hydrogen) atoms. The maximum atomic E-state index is 13.3. The topological polar surface area (TPSA) is 121 Å². The Morgan fingerprint density at radius 2 is 2.00 bits per heavy atom. The van der Waals surface area contributed by atoms with Gasteiger partial charge in [0.2, 0.25) is 0 Å². The standard InChI is InChI=1S/C21H30BN5O5/c1-2-25-19(30)17-18(26(7-8-28)21(25)31)24-20(23-14-5-9-32-10-6-14)27(17)12-13-3-4-16(29)15(22)11-13/h3-4,14-15,20,23-24,28-29H,2,5-12H2,1H3/t15-,20?/m1/s1. The lowest BCUT2D eigenvalue weighted by Crippen LogP contribution is -2.54. The minimum atomic E-state index is -0.484. The number of anilines is 2. The van der Waals surface area contributed by atoms with Gasteiger partial charge in [-0.2, -0.15) is 0 Å². The lowest BCUT2D eigenvalue weighted by atomic mass is 9.77. The van der Waals surface area contributed by atoms with Gasteiger partial charge in [-0.3, -0.25) is 19.2 Å². The molecule has 0 spiro atoms. The van der Waals surface area contributed by atoms with Crippen LogP contribution in [0, 0.1) is 0 Å². The number of rotatable bonds is 7. The molecular weight excluding hydrogens is 413 g/mol. The van der Waals surface area contributed by atoms with Crippen LogP contribution in [0.5, 0.6) is 0 Å². The fourth-order valence-corrected chi connectivity index (χ4v) is 4.52. The third-order valence-corrected chi connectivity index (χ3v) is 6.26. The molecule has 0 saturated carbocycles. The van der Waals surface area contributed by atoms with Crippen LogP contribution in [0.1, 0.15) is 26.2 Å². The van der Waals surface area contributed by atoms with Crippen LogP contribution in [0.4, 0.5) is 11.5 Å². The average Bonchev–Trinajstić information content (AvgIpc) is 3.12. The molecule has 3 heterocycles. The summed E-state index contributed by atoms with van der Waals surface area (Å²) in [6.07, 6.45) is 5.14. The normalized spacial score (nSPS) is 23.5. The number of nitrogens with one attached hydrogen (secondary N) is 2. The highest BCUT2D eigenvalue weighted by Gasteiger charge is 2.37. The van der Waals surface area contributed by atoms with Crippen LogP contribution in [0.15, 0.2) is 33.1 Å². The third kappa shape index (κ3) is 4.24. The molecule has 10 nitrogen and oxygen atoms in total. The van der Waals surface area contributed by atoms with Gasteiger partial charge in [0, 0.05) is 32.3 Å². The Morgan fingerprint density at radius 3 is 2.66 bits per heavy atom. The van der Waals surface area contributed by atoms with E-state index in [1.165, 1.54) is 9.13 Å². The Labute approximate surface area is 187 Å². The van der Waals surface area contributed by atoms with E-state index < -0.39 is 17.8 Å². The lowest BCUT2D eigenvalue weighted by molar-refractivity contribution is 0.0758. The molecule has 1 unspecified atom stereocenters. The Balaban J connectivity index is 1.75. The van der Waals surface area contributed by atoms with Crippen molar-refractivity contribution >= 4 is 19.4 Å². The molecule has 4 rings (SSSR count). The maximum Gasteiger partial charge on any atom is 0.332 e. The summed E-state index contributed by atoms with van der Waals surface area (Å²) in [6, 6.07) is 0.191. The Morgan fingerprint density at radius 1 is 1.25 bits per heavy atom. The molecule has 11 heteroatoms. The first-order chi connectivity index (χ1) is 15.4. The average molecular weight is 443 g/mol. The predicted octanol–water partition coefficient (Wildman–Crippen LogP) is 0.0353. The van der Waals surface area contributed by atoms with Crippen LogP contribution < -0.4 is 26.8 Å². The molecule has 2 atom stereocenters. The molecule has 172 valence electrons. The van der Waals surface area contributed by atoms with Crippen LogP contribution in [0.25, 0.3) is 0 Å². The van der Waals surface area contributed by atoms with Crippen LogP contribution >= 0.6 is 0 Å². The molecule has 3 aliphatic rings. The lowest BCUT2D eigenvalue weighted by Gasteiger charge is -2.33. The maximum absolute atomic E-state index is 13.3. The molecular formula is C21H30BN5O5. The summed E-state index contributed by atoms with van der Waals surface area (Å²) >= 11 is 0. The summed E-state index contributed by atoms with van der Waals surface area (Å²) in [5, 5.41) is 26.3. The quantitative estimate of drug-likeness (QED) is 0.436. The van der Waals surface area contributed by atoms with Crippen molar-refractivity contribution in [3.8, 4) is 0 Å². The molecule has 1 fully saturated rings. The summed E-state index contributed by atoms with van der Waals surface area (Å²) in [6.45, 7) is 3.56. The molecule has 1 aliphatic carbocycles.